The van der Waals surface area contributed by atoms with Crippen molar-refractivity contribution < 1.29 is 24.3 Å². The van der Waals surface area contributed by atoms with Crippen LogP contribution in [-0.4, -0.2) is 64.6 Å². The van der Waals surface area contributed by atoms with Crippen molar-refractivity contribution in [2.24, 2.45) is 28.6 Å². The van der Waals surface area contributed by atoms with Crippen molar-refractivity contribution in [3.63, 3.8) is 0 Å². The van der Waals surface area contributed by atoms with Gasteiger partial charge in [-0.25, -0.2) is 4.79 Å². The second-order valence-corrected chi connectivity index (χ2v) is 11.7. The maximum atomic E-state index is 13.7. The Morgan fingerprint density at radius 1 is 1.03 bits per heavy atom. The van der Waals surface area contributed by atoms with Gasteiger partial charge >= 0.3 is 6.09 Å². The number of hydrogen-bond donors (Lipinski definition) is 4. The van der Waals surface area contributed by atoms with Gasteiger partial charge in [-0.2, -0.15) is 0 Å². The van der Waals surface area contributed by atoms with Crippen molar-refractivity contribution in [3.8, 4) is 0 Å². The maximum absolute atomic E-state index is 13.7. The second-order valence-electron chi connectivity index (χ2n) is 11.7. The molecule has 0 aromatic rings. The molecule has 36 heavy (non-hydrogen) atoms. The van der Waals surface area contributed by atoms with E-state index in [9.17, 15) is 14.4 Å². The fourth-order valence-corrected chi connectivity index (χ4v) is 5.87. The number of carbonyl (C=O) groups excluding carboxylic acids is 3. The molecule has 0 spiro atoms. The number of amidine groups is 1. The molecule has 204 valence electrons. The Kier molecular flexibility index (Phi) is 9.84. The summed E-state index contributed by atoms with van der Waals surface area (Å²) in [7, 11) is 0. The molecule has 1 aliphatic heterocycles. The van der Waals surface area contributed by atoms with Gasteiger partial charge in [0.15, 0.2) is 0 Å². The minimum Gasteiger partial charge on any atom is -0.444 e. The van der Waals surface area contributed by atoms with Gasteiger partial charge in [0.25, 0.3) is 0 Å². The zero-order valence-corrected chi connectivity index (χ0v) is 22.1. The van der Waals surface area contributed by atoms with Crippen molar-refractivity contribution in [3.05, 3.63) is 0 Å². The summed E-state index contributed by atoms with van der Waals surface area (Å²) in [6.07, 6.45) is 9.24. The first-order valence-corrected chi connectivity index (χ1v) is 13.6. The van der Waals surface area contributed by atoms with E-state index >= 15 is 0 Å². The fraction of sp³-hybridized carbons (Fsp3) is 0.846. The lowest BCUT2D eigenvalue weighted by atomic mass is 9.81. The minimum atomic E-state index is -0.678. The molecule has 3 rings (SSSR count). The molecule has 0 unspecified atom stereocenters. The number of amides is 3. The molecular weight excluding hydrogens is 462 g/mol. The van der Waals surface area contributed by atoms with Crippen LogP contribution in [0.5, 0.6) is 0 Å². The number of carbonyl (C=O) groups is 3. The highest BCUT2D eigenvalue weighted by Gasteiger charge is 2.41. The van der Waals surface area contributed by atoms with Gasteiger partial charge in [-0.05, 0) is 84.0 Å². The SMILES string of the molecule is CC(C)(C)OC(=O)N[C@@H](C(=O)N1CCC[C@H]1C(=O)NCC1CCC(C(N)=NO)CC1)C1CCCCC1. The van der Waals surface area contributed by atoms with E-state index in [0.717, 1.165) is 64.2 Å². The predicted octanol–water partition coefficient (Wildman–Crippen LogP) is 3.12. The van der Waals surface area contributed by atoms with Gasteiger partial charge in [-0.1, -0.05) is 24.4 Å². The normalized spacial score (nSPS) is 26.8. The summed E-state index contributed by atoms with van der Waals surface area (Å²) in [5.74, 6) is 0.465. The molecule has 3 aliphatic rings. The molecule has 1 heterocycles. The minimum absolute atomic E-state index is 0.0492. The Hall–Kier alpha value is -2.52. The van der Waals surface area contributed by atoms with E-state index in [1.807, 2.05) is 0 Å². The van der Waals surface area contributed by atoms with Crippen LogP contribution in [-0.2, 0) is 14.3 Å². The van der Waals surface area contributed by atoms with Gasteiger partial charge in [0.1, 0.15) is 23.5 Å². The Morgan fingerprint density at radius 2 is 1.69 bits per heavy atom. The maximum Gasteiger partial charge on any atom is 0.408 e. The van der Waals surface area contributed by atoms with Crippen LogP contribution >= 0.6 is 0 Å². The van der Waals surface area contributed by atoms with Gasteiger partial charge in [0.2, 0.25) is 11.8 Å². The van der Waals surface area contributed by atoms with E-state index in [1.54, 1.807) is 25.7 Å². The highest BCUT2D eigenvalue weighted by molar-refractivity contribution is 5.92. The molecule has 0 radical (unpaired) electrons. The number of hydrogen-bond acceptors (Lipinski definition) is 6. The van der Waals surface area contributed by atoms with Crippen LogP contribution in [0.25, 0.3) is 0 Å². The Balaban J connectivity index is 1.59. The van der Waals surface area contributed by atoms with Crippen molar-refractivity contribution in [2.45, 2.75) is 109 Å². The van der Waals surface area contributed by atoms with Crippen LogP contribution in [0.2, 0.25) is 0 Å². The molecule has 10 heteroatoms. The van der Waals surface area contributed by atoms with Crippen LogP contribution < -0.4 is 16.4 Å². The summed E-state index contributed by atoms with van der Waals surface area (Å²) in [4.78, 5) is 41.1. The average molecular weight is 508 g/mol. The van der Waals surface area contributed by atoms with Crippen molar-refractivity contribution in [2.75, 3.05) is 13.1 Å². The summed E-state index contributed by atoms with van der Waals surface area (Å²) >= 11 is 0. The second kappa shape index (κ2) is 12.6. The molecule has 2 aliphatic carbocycles. The van der Waals surface area contributed by atoms with Gasteiger partial charge in [0.05, 0.1) is 0 Å². The zero-order valence-electron chi connectivity index (χ0n) is 22.1. The number of nitrogens with two attached hydrogens (primary N) is 1. The Morgan fingerprint density at radius 3 is 2.31 bits per heavy atom. The van der Waals surface area contributed by atoms with Gasteiger partial charge in [0, 0.05) is 19.0 Å². The molecule has 0 aromatic carbocycles. The molecule has 3 fully saturated rings. The van der Waals surface area contributed by atoms with Crippen molar-refractivity contribution >= 4 is 23.7 Å². The molecule has 10 nitrogen and oxygen atoms in total. The zero-order chi connectivity index (χ0) is 26.3. The van der Waals surface area contributed by atoms with E-state index in [2.05, 4.69) is 15.8 Å². The lowest BCUT2D eigenvalue weighted by Crippen LogP contribution is -2.56. The lowest BCUT2D eigenvalue weighted by molar-refractivity contribution is -0.141. The first-order valence-electron chi connectivity index (χ1n) is 13.6. The number of likely N-dealkylation sites (tertiary alicyclic amines) is 1. The quantitative estimate of drug-likeness (QED) is 0.180. The topological polar surface area (TPSA) is 146 Å². The van der Waals surface area contributed by atoms with Crippen molar-refractivity contribution in [1.29, 1.82) is 0 Å². The number of oxime groups is 1. The number of alkyl carbamates (subject to hydrolysis) is 1. The Labute approximate surface area is 214 Å². The van der Waals surface area contributed by atoms with Crippen LogP contribution in [0.4, 0.5) is 4.79 Å². The molecule has 2 atom stereocenters. The lowest BCUT2D eigenvalue weighted by Gasteiger charge is -2.35. The number of nitrogens with zero attached hydrogens (tertiary/aromatic N) is 2. The largest absolute Gasteiger partial charge is 0.444 e. The molecule has 0 bridgehead atoms. The third-order valence-corrected chi connectivity index (χ3v) is 7.84. The summed E-state index contributed by atoms with van der Waals surface area (Å²) in [5.41, 5.74) is 5.08. The molecule has 5 N–H and O–H groups in total. The van der Waals surface area contributed by atoms with E-state index in [-0.39, 0.29) is 29.5 Å². The van der Waals surface area contributed by atoms with Crippen LogP contribution in [0, 0.1) is 17.8 Å². The summed E-state index contributed by atoms with van der Waals surface area (Å²) < 4.78 is 5.45. The van der Waals surface area contributed by atoms with E-state index in [4.69, 9.17) is 15.7 Å². The van der Waals surface area contributed by atoms with Gasteiger partial charge in [-0.3, -0.25) is 9.59 Å². The highest BCUT2D eigenvalue weighted by atomic mass is 16.6. The standard InChI is InChI=1S/C26H45N5O5/c1-26(2,3)36-25(34)29-21(18-8-5-4-6-9-18)24(33)31-15-7-10-20(31)23(32)28-16-17-11-13-19(14-12-17)22(27)30-35/h17-21,35H,4-16H2,1-3H3,(H2,27,30)(H,28,32)(H,29,34)/t17?,19?,20-,21+/m0/s1. The highest BCUT2D eigenvalue weighted by Crippen LogP contribution is 2.31. The fourth-order valence-electron chi connectivity index (χ4n) is 5.87. The monoisotopic (exact) mass is 507 g/mol. The van der Waals surface area contributed by atoms with Gasteiger partial charge in [-0.15, -0.1) is 0 Å². The molecule has 3 amide bonds. The molecule has 2 saturated carbocycles. The summed E-state index contributed by atoms with van der Waals surface area (Å²) in [6.45, 7) is 6.47. The van der Waals surface area contributed by atoms with Crippen LogP contribution in [0.15, 0.2) is 5.16 Å². The molecular formula is C26H45N5O5. The summed E-state index contributed by atoms with van der Waals surface area (Å²) in [6, 6.07) is -1.19. The van der Waals surface area contributed by atoms with Crippen molar-refractivity contribution in [1.82, 2.24) is 15.5 Å². The first kappa shape index (κ1) is 28.1. The summed E-state index contributed by atoms with van der Waals surface area (Å²) in [5, 5.41) is 17.9. The van der Waals surface area contributed by atoms with Gasteiger partial charge < -0.3 is 31.2 Å². The smallest absolute Gasteiger partial charge is 0.408 e. The number of rotatable bonds is 7. The number of ether oxygens (including phenoxy) is 1. The predicted molar refractivity (Wildman–Crippen MR) is 136 cm³/mol. The molecule has 0 aromatic heterocycles. The molecule has 1 saturated heterocycles. The average Bonchev–Trinajstić information content (AvgIpc) is 3.35. The number of nitrogens with one attached hydrogen (secondary N) is 2. The first-order chi connectivity index (χ1) is 17.1. The van der Waals surface area contributed by atoms with E-state index in [0.29, 0.717) is 25.4 Å². The van der Waals surface area contributed by atoms with Crippen LogP contribution in [0.1, 0.15) is 91.4 Å². The van der Waals surface area contributed by atoms with E-state index in [1.165, 1.54) is 0 Å². The van der Waals surface area contributed by atoms with E-state index < -0.39 is 23.8 Å². The third-order valence-electron chi connectivity index (χ3n) is 7.84. The third kappa shape index (κ3) is 7.74. The Bertz CT molecular complexity index is 797. The van der Waals surface area contributed by atoms with Crippen LogP contribution in [0.3, 0.4) is 0 Å².